The molecule has 0 aliphatic heterocycles. The van der Waals surface area contributed by atoms with Gasteiger partial charge in [0, 0.05) is 6.54 Å². The average molecular weight is 348 g/mol. The van der Waals surface area contributed by atoms with Crippen LogP contribution in [0.3, 0.4) is 0 Å². The molecule has 0 amide bonds. The highest BCUT2D eigenvalue weighted by atomic mass is 16.6. The van der Waals surface area contributed by atoms with Crippen LogP contribution in [0.15, 0.2) is 5.28 Å². The molecule has 0 aliphatic carbocycles. The van der Waals surface area contributed by atoms with Gasteiger partial charge >= 0.3 is 11.9 Å². The van der Waals surface area contributed by atoms with Crippen molar-refractivity contribution >= 4 is 11.9 Å². The zero-order valence-electron chi connectivity index (χ0n) is 14.4. The second-order valence-electron chi connectivity index (χ2n) is 4.86. The lowest BCUT2D eigenvalue weighted by molar-refractivity contribution is -0.709. The van der Waals surface area contributed by atoms with Crippen LogP contribution < -0.4 is 5.32 Å². The number of rotatable bonds is 14. The molecule has 0 fully saturated rings. The number of hydrazine groups is 1. The second-order valence-corrected chi connectivity index (χ2v) is 4.86. The normalized spacial score (nSPS) is 11.2. The maximum Gasteiger partial charge on any atom is 0.307 e. The maximum atomic E-state index is 11.4. The van der Waals surface area contributed by atoms with Gasteiger partial charge < -0.3 is 25.2 Å². The third kappa shape index (κ3) is 11.5. The molecule has 0 aromatic heterocycles. The molecule has 10 heteroatoms. The molecule has 0 saturated heterocycles. The Bertz CT molecular complexity index is 391. The number of esters is 2. The van der Waals surface area contributed by atoms with Crippen molar-refractivity contribution in [1.82, 2.24) is 10.3 Å². The lowest BCUT2D eigenvalue weighted by atomic mass is 10.3. The molecule has 0 saturated carbocycles. The number of nitrogens with zero attached hydrogens (tertiary/aromatic N) is 3. The molecule has 0 unspecified atom stereocenters. The first kappa shape index (κ1) is 21.9. The Kier molecular flexibility index (Phi) is 13.2. The first-order chi connectivity index (χ1) is 11.5. The van der Waals surface area contributed by atoms with E-state index < -0.39 is 5.97 Å². The van der Waals surface area contributed by atoms with Crippen molar-refractivity contribution in [3.63, 3.8) is 0 Å². The predicted molar refractivity (Wildman–Crippen MR) is 84.0 cm³/mol. The summed E-state index contributed by atoms with van der Waals surface area (Å²) in [6.07, 6.45) is 1.78. The minimum absolute atomic E-state index is 0.0416. The Morgan fingerprint density at radius 2 is 1.71 bits per heavy atom. The highest BCUT2D eigenvalue weighted by molar-refractivity contribution is 5.69. The van der Waals surface area contributed by atoms with Gasteiger partial charge in [-0.15, -0.1) is 5.01 Å². The highest BCUT2D eigenvalue weighted by Crippen LogP contribution is 2.00. The van der Waals surface area contributed by atoms with Gasteiger partial charge in [-0.1, -0.05) is 0 Å². The SMILES string of the molecule is CCOC(=O)CCNCCCCN(CCC(=O)OCC)[N+]([O-])=NO. The molecule has 0 aliphatic rings. The topological polar surface area (TPSA) is 127 Å². The number of ether oxygens (including phenoxy) is 2. The van der Waals surface area contributed by atoms with E-state index in [0.717, 1.165) is 6.42 Å². The van der Waals surface area contributed by atoms with E-state index in [1.165, 1.54) is 5.01 Å². The molecule has 0 rings (SSSR count). The summed E-state index contributed by atoms with van der Waals surface area (Å²) in [4.78, 5) is 22.5. The van der Waals surface area contributed by atoms with Crippen LogP contribution in [0, 0.1) is 5.21 Å². The van der Waals surface area contributed by atoms with Crippen LogP contribution in [0.2, 0.25) is 0 Å². The van der Waals surface area contributed by atoms with Crippen LogP contribution in [0.5, 0.6) is 0 Å². The summed E-state index contributed by atoms with van der Waals surface area (Å²) < 4.78 is 9.59. The molecule has 0 aromatic rings. The Hall–Kier alpha value is -2.10. The van der Waals surface area contributed by atoms with E-state index in [4.69, 9.17) is 14.7 Å². The molecule has 140 valence electrons. The van der Waals surface area contributed by atoms with E-state index in [2.05, 4.69) is 10.6 Å². The van der Waals surface area contributed by atoms with Crippen LogP contribution >= 0.6 is 0 Å². The minimum atomic E-state index is -0.408. The molecule has 0 bridgehead atoms. The van der Waals surface area contributed by atoms with Gasteiger partial charge in [0.15, 0.2) is 0 Å². The molecule has 0 atom stereocenters. The summed E-state index contributed by atoms with van der Waals surface area (Å²) in [5.41, 5.74) is 0. The van der Waals surface area contributed by atoms with Crippen molar-refractivity contribution in [2.45, 2.75) is 39.5 Å². The van der Waals surface area contributed by atoms with Crippen LogP contribution in [0.4, 0.5) is 0 Å². The molecule has 0 heterocycles. The zero-order valence-corrected chi connectivity index (χ0v) is 14.4. The fourth-order valence-corrected chi connectivity index (χ4v) is 1.89. The molecular weight excluding hydrogens is 320 g/mol. The highest BCUT2D eigenvalue weighted by Gasteiger charge is 2.15. The lowest BCUT2D eigenvalue weighted by Crippen LogP contribution is -2.34. The largest absolute Gasteiger partial charge is 0.569 e. The van der Waals surface area contributed by atoms with Gasteiger partial charge in [-0.3, -0.25) is 9.59 Å². The summed E-state index contributed by atoms with van der Waals surface area (Å²) in [5.74, 6) is -0.642. The number of carbonyl (C=O) groups excluding carboxylic acids is 2. The van der Waals surface area contributed by atoms with Crippen LogP contribution in [-0.4, -0.2) is 66.5 Å². The fraction of sp³-hybridized carbons (Fsp3) is 0.857. The summed E-state index contributed by atoms with van der Waals surface area (Å²) in [5, 5.41) is 26.8. The summed E-state index contributed by atoms with van der Waals surface area (Å²) in [6, 6.07) is 0. The van der Waals surface area contributed by atoms with Gasteiger partial charge in [-0.05, 0) is 33.2 Å². The van der Waals surface area contributed by atoms with Gasteiger partial charge in [-0.25, -0.2) is 0 Å². The Labute approximate surface area is 141 Å². The molecular formula is C14H28N4O6. The molecule has 24 heavy (non-hydrogen) atoms. The van der Waals surface area contributed by atoms with E-state index in [1.807, 2.05) is 0 Å². The summed E-state index contributed by atoms with van der Waals surface area (Å²) >= 11 is 0. The summed E-state index contributed by atoms with van der Waals surface area (Å²) in [6.45, 7) is 5.79. The number of unbranched alkanes of at least 4 members (excludes halogenated alkanes) is 1. The summed E-state index contributed by atoms with van der Waals surface area (Å²) in [7, 11) is 0. The average Bonchev–Trinajstić information content (AvgIpc) is 2.56. The van der Waals surface area contributed by atoms with Gasteiger partial charge in [-0.2, -0.15) is 0 Å². The Morgan fingerprint density at radius 3 is 2.29 bits per heavy atom. The lowest BCUT2D eigenvalue weighted by Gasteiger charge is -2.17. The van der Waals surface area contributed by atoms with E-state index in [9.17, 15) is 14.8 Å². The van der Waals surface area contributed by atoms with Crippen molar-refractivity contribution in [2.75, 3.05) is 39.4 Å². The maximum absolute atomic E-state index is 11.4. The third-order valence-electron chi connectivity index (χ3n) is 3.03. The Morgan fingerprint density at radius 1 is 1.08 bits per heavy atom. The van der Waals surface area contributed by atoms with E-state index in [1.54, 1.807) is 13.8 Å². The molecule has 2 N–H and O–H groups in total. The molecule has 0 aromatic carbocycles. The number of carbonyl (C=O) groups is 2. The fourth-order valence-electron chi connectivity index (χ4n) is 1.89. The molecule has 0 spiro atoms. The van der Waals surface area contributed by atoms with Crippen molar-refractivity contribution in [3.05, 3.63) is 5.21 Å². The quantitative estimate of drug-likeness (QED) is 0.155. The van der Waals surface area contributed by atoms with E-state index in [0.29, 0.717) is 39.1 Å². The van der Waals surface area contributed by atoms with E-state index in [-0.39, 0.29) is 30.5 Å². The predicted octanol–water partition coefficient (Wildman–Crippen LogP) is 0.831. The van der Waals surface area contributed by atoms with Crippen LogP contribution in [0.1, 0.15) is 39.5 Å². The van der Waals surface area contributed by atoms with Crippen LogP contribution in [-0.2, 0) is 19.1 Å². The van der Waals surface area contributed by atoms with Crippen molar-refractivity contribution in [1.29, 1.82) is 0 Å². The Balaban J connectivity index is 3.87. The second kappa shape index (κ2) is 14.5. The van der Waals surface area contributed by atoms with Gasteiger partial charge in [0.05, 0.1) is 44.1 Å². The van der Waals surface area contributed by atoms with E-state index >= 15 is 0 Å². The number of hydrogen-bond acceptors (Lipinski definition) is 7. The van der Waals surface area contributed by atoms with Crippen molar-refractivity contribution < 1.29 is 29.2 Å². The van der Waals surface area contributed by atoms with Crippen LogP contribution in [0.25, 0.3) is 0 Å². The molecule has 0 radical (unpaired) electrons. The third-order valence-corrected chi connectivity index (χ3v) is 3.03. The first-order valence-corrected chi connectivity index (χ1v) is 8.14. The standard InChI is InChI=1S/C14H28N4O6/c1-3-23-13(19)7-10-15-9-5-6-11-17(18(22)16-21)12-8-14(20)24-4-2/h15,21H,3-12H2,1-2H3. The molecule has 10 nitrogen and oxygen atoms in total. The van der Waals surface area contributed by atoms with Crippen molar-refractivity contribution in [3.8, 4) is 0 Å². The first-order valence-electron chi connectivity index (χ1n) is 8.14. The van der Waals surface area contributed by atoms with Gasteiger partial charge in [0.1, 0.15) is 0 Å². The minimum Gasteiger partial charge on any atom is -0.569 e. The zero-order chi connectivity index (χ0) is 18.2. The number of nitrogens with one attached hydrogen (secondary N) is 1. The van der Waals surface area contributed by atoms with Crippen molar-refractivity contribution in [2.24, 2.45) is 5.28 Å². The van der Waals surface area contributed by atoms with Gasteiger partial charge in [0.2, 0.25) is 5.28 Å². The smallest absolute Gasteiger partial charge is 0.307 e. The monoisotopic (exact) mass is 348 g/mol. The van der Waals surface area contributed by atoms with Gasteiger partial charge in [0.25, 0.3) is 0 Å². The number of hydrogen-bond donors (Lipinski definition) is 2.